The molecule has 8 nitrogen and oxygen atoms in total. The van der Waals surface area contributed by atoms with Crippen LogP contribution in [0.25, 0.3) is 6.08 Å². The summed E-state index contributed by atoms with van der Waals surface area (Å²) in [4.78, 5) is 24.2. The maximum atomic E-state index is 12.4. The van der Waals surface area contributed by atoms with Gasteiger partial charge in [0.1, 0.15) is 0 Å². The number of benzene rings is 2. The summed E-state index contributed by atoms with van der Waals surface area (Å²) in [5.74, 6) is -0.452. The lowest BCUT2D eigenvalue weighted by Gasteiger charge is -2.23. The van der Waals surface area contributed by atoms with Crippen molar-refractivity contribution in [2.75, 3.05) is 19.7 Å². The second-order valence-corrected chi connectivity index (χ2v) is 5.58. The van der Waals surface area contributed by atoms with Gasteiger partial charge in [0.15, 0.2) is 0 Å². The number of nitrogens with zero attached hydrogens (tertiary/aromatic N) is 2. The third kappa shape index (κ3) is 6.30. The van der Waals surface area contributed by atoms with Crippen LogP contribution in [-0.4, -0.2) is 51.1 Å². The molecule has 1 atom stereocenters. The van der Waals surface area contributed by atoms with Crippen molar-refractivity contribution >= 4 is 17.7 Å². The fourth-order valence-corrected chi connectivity index (χ4v) is 2.46. The van der Waals surface area contributed by atoms with Crippen molar-refractivity contribution in [1.29, 1.82) is 0 Å². The molecule has 0 aliphatic carbocycles. The Hall–Kier alpha value is -3.07. The Morgan fingerprint density at radius 1 is 1.15 bits per heavy atom. The molecule has 4 N–H and O–H groups in total. The topological polar surface area (TPSA) is 135 Å². The molecule has 144 valence electrons. The molecule has 0 bridgehead atoms. The highest BCUT2D eigenvalue weighted by atomic mass is 16.6. The summed E-state index contributed by atoms with van der Waals surface area (Å²) in [6, 6.07) is 15.0. The highest BCUT2D eigenvalue weighted by Gasteiger charge is 2.17. The summed E-state index contributed by atoms with van der Waals surface area (Å²) in [5.41, 5.74) is 0.860. The van der Waals surface area contributed by atoms with E-state index in [1.807, 2.05) is 6.07 Å². The first kappa shape index (κ1) is 22.0. The van der Waals surface area contributed by atoms with Crippen LogP contribution in [-0.2, 0) is 4.79 Å². The SMILES string of the molecule is O.O=C(/C=C/c1ccccc1[N+](=O)[O-])N(CCO)CC(O)c1ccccc1. The Kier molecular flexibility index (Phi) is 8.80. The lowest BCUT2D eigenvalue weighted by atomic mass is 10.1. The molecule has 0 aliphatic heterocycles. The van der Waals surface area contributed by atoms with E-state index in [0.717, 1.165) is 0 Å². The number of hydrogen-bond acceptors (Lipinski definition) is 5. The monoisotopic (exact) mass is 374 g/mol. The molecule has 0 aromatic heterocycles. The van der Waals surface area contributed by atoms with Crippen LogP contribution >= 0.6 is 0 Å². The van der Waals surface area contributed by atoms with Gasteiger partial charge in [-0.1, -0.05) is 42.5 Å². The van der Waals surface area contributed by atoms with Crippen LogP contribution in [0.4, 0.5) is 5.69 Å². The van der Waals surface area contributed by atoms with Crippen molar-refractivity contribution in [2.24, 2.45) is 0 Å². The van der Waals surface area contributed by atoms with Gasteiger partial charge < -0.3 is 20.6 Å². The summed E-state index contributed by atoms with van der Waals surface area (Å²) in [5, 5.41) is 30.5. The predicted octanol–water partition coefficient (Wildman–Crippen LogP) is 1.34. The molecule has 8 heteroatoms. The predicted molar refractivity (Wildman–Crippen MR) is 101 cm³/mol. The van der Waals surface area contributed by atoms with Crippen LogP contribution in [0.2, 0.25) is 0 Å². The van der Waals surface area contributed by atoms with Gasteiger partial charge in [-0.05, 0) is 17.7 Å². The minimum absolute atomic E-state index is 0. The highest BCUT2D eigenvalue weighted by molar-refractivity contribution is 5.92. The van der Waals surface area contributed by atoms with Crippen molar-refractivity contribution < 1.29 is 25.4 Å². The largest absolute Gasteiger partial charge is 0.412 e. The van der Waals surface area contributed by atoms with Gasteiger partial charge in [-0.2, -0.15) is 0 Å². The Labute approximate surface area is 156 Å². The maximum Gasteiger partial charge on any atom is 0.276 e. The van der Waals surface area contributed by atoms with Crippen LogP contribution in [0.5, 0.6) is 0 Å². The Bertz CT molecular complexity index is 779. The fourth-order valence-electron chi connectivity index (χ4n) is 2.46. The zero-order valence-corrected chi connectivity index (χ0v) is 14.6. The van der Waals surface area contributed by atoms with Crippen LogP contribution in [0, 0.1) is 10.1 Å². The summed E-state index contributed by atoms with van der Waals surface area (Å²) < 4.78 is 0. The number of carbonyl (C=O) groups excluding carboxylic acids is 1. The maximum absolute atomic E-state index is 12.4. The molecule has 0 fully saturated rings. The van der Waals surface area contributed by atoms with Crippen LogP contribution in [0.1, 0.15) is 17.2 Å². The number of aliphatic hydroxyl groups is 2. The molecule has 27 heavy (non-hydrogen) atoms. The number of hydrogen-bond donors (Lipinski definition) is 2. The van der Waals surface area contributed by atoms with E-state index in [9.17, 15) is 25.1 Å². The molecule has 0 heterocycles. The third-order valence-electron chi connectivity index (χ3n) is 3.80. The number of amides is 1. The summed E-state index contributed by atoms with van der Waals surface area (Å²) in [7, 11) is 0. The van der Waals surface area contributed by atoms with Gasteiger partial charge in [0.2, 0.25) is 5.91 Å². The van der Waals surface area contributed by atoms with Gasteiger partial charge in [0.25, 0.3) is 5.69 Å². The summed E-state index contributed by atoms with van der Waals surface area (Å²) in [6.07, 6.45) is 1.67. The fraction of sp³-hybridized carbons (Fsp3) is 0.211. The first-order chi connectivity index (χ1) is 12.5. The zero-order valence-electron chi connectivity index (χ0n) is 14.6. The molecular weight excluding hydrogens is 352 g/mol. The number of rotatable bonds is 8. The first-order valence-electron chi connectivity index (χ1n) is 8.07. The number of nitro benzene ring substituents is 1. The standard InChI is InChI=1S/C19H20N2O5.H2O/c22-13-12-20(14-18(23)16-7-2-1-3-8-16)19(24)11-10-15-6-4-5-9-17(15)21(25)26;/h1-11,18,22-23H,12-14H2;1H2/b11-10+;. The van der Waals surface area contributed by atoms with E-state index in [0.29, 0.717) is 11.1 Å². The first-order valence-corrected chi connectivity index (χ1v) is 8.07. The third-order valence-corrected chi connectivity index (χ3v) is 3.80. The summed E-state index contributed by atoms with van der Waals surface area (Å²) >= 11 is 0. The Morgan fingerprint density at radius 3 is 2.41 bits per heavy atom. The molecule has 0 saturated carbocycles. The van der Waals surface area contributed by atoms with E-state index >= 15 is 0 Å². The molecule has 1 amide bonds. The summed E-state index contributed by atoms with van der Waals surface area (Å²) in [6.45, 7) is -0.207. The van der Waals surface area contributed by atoms with Crippen molar-refractivity contribution in [3.05, 3.63) is 81.9 Å². The van der Waals surface area contributed by atoms with Crippen LogP contribution < -0.4 is 0 Å². The molecule has 0 radical (unpaired) electrons. The van der Waals surface area contributed by atoms with Crippen molar-refractivity contribution in [2.45, 2.75) is 6.10 Å². The lowest BCUT2D eigenvalue weighted by molar-refractivity contribution is -0.385. The highest BCUT2D eigenvalue weighted by Crippen LogP contribution is 2.19. The van der Waals surface area contributed by atoms with Gasteiger partial charge in [0, 0.05) is 18.7 Å². The lowest BCUT2D eigenvalue weighted by Crippen LogP contribution is -2.35. The quantitative estimate of drug-likeness (QED) is 0.408. The van der Waals surface area contributed by atoms with Crippen LogP contribution in [0.3, 0.4) is 0 Å². The van der Waals surface area contributed by atoms with Gasteiger partial charge >= 0.3 is 0 Å². The minimum atomic E-state index is -0.897. The molecule has 2 rings (SSSR count). The molecular formula is C19H22N2O6. The van der Waals surface area contributed by atoms with E-state index < -0.39 is 16.9 Å². The van der Waals surface area contributed by atoms with Crippen molar-refractivity contribution in [3.63, 3.8) is 0 Å². The average Bonchev–Trinajstić information content (AvgIpc) is 2.66. The number of nitro groups is 1. The van der Waals surface area contributed by atoms with Crippen molar-refractivity contribution in [3.8, 4) is 0 Å². The van der Waals surface area contributed by atoms with E-state index in [1.54, 1.807) is 36.4 Å². The second-order valence-electron chi connectivity index (χ2n) is 5.58. The van der Waals surface area contributed by atoms with Gasteiger partial charge in [-0.15, -0.1) is 0 Å². The van der Waals surface area contributed by atoms with Gasteiger partial charge in [-0.3, -0.25) is 14.9 Å². The van der Waals surface area contributed by atoms with E-state index in [-0.39, 0.29) is 30.9 Å². The van der Waals surface area contributed by atoms with Gasteiger partial charge in [-0.25, -0.2) is 0 Å². The Morgan fingerprint density at radius 2 is 1.78 bits per heavy atom. The average molecular weight is 374 g/mol. The molecule has 2 aromatic carbocycles. The van der Waals surface area contributed by atoms with E-state index in [2.05, 4.69) is 0 Å². The molecule has 1 unspecified atom stereocenters. The molecule has 2 aromatic rings. The second kappa shape index (κ2) is 10.8. The normalized spacial score (nSPS) is 11.6. The number of carbonyl (C=O) groups is 1. The number of para-hydroxylation sites is 1. The van der Waals surface area contributed by atoms with E-state index in [1.165, 1.54) is 29.2 Å². The smallest absolute Gasteiger partial charge is 0.276 e. The van der Waals surface area contributed by atoms with Gasteiger partial charge in [0.05, 0.1) is 29.7 Å². The van der Waals surface area contributed by atoms with Crippen LogP contribution in [0.15, 0.2) is 60.7 Å². The van der Waals surface area contributed by atoms with Crippen molar-refractivity contribution in [1.82, 2.24) is 4.90 Å². The van der Waals surface area contributed by atoms with E-state index in [4.69, 9.17) is 0 Å². The minimum Gasteiger partial charge on any atom is -0.412 e. The number of aliphatic hydroxyl groups excluding tert-OH is 2. The Balaban J connectivity index is 0.00000364. The molecule has 0 saturated heterocycles. The molecule has 0 aliphatic rings. The zero-order chi connectivity index (χ0) is 18.9. The molecule has 0 spiro atoms.